The minimum absolute atomic E-state index is 0.219. The van der Waals surface area contributed by atoms with Gasteiger partial charge in [-0.25, -0.2) is 0 Å². The maximum Gasteiger partial charge on any atom is 0.302 e. The molecule has 0 aliphatic carbocycles. The zero-order valence-corrected chi connectivity index (χ0v) is 8.87. The Kier molecular flexibility index (Phi) is 7.84. The molecule has 0 aliphatic rings. The van der Waals surface area contributed by atoms with Gasteiger partial charge in [-0.2, -0.15) is 0 Å². The van der Waals surface area contributed by atoms with Gasteiger partial charge in [-0.3, -0.25) is 9.69 Å². The van der Waals surface area contributed by atoms with Gasteiger partial charge in [0, 0.05) is 26.6 Å². The highest BCUT2D eigenvalue weighted by Crippen LogP contribution is 1.93. The number of ether oxygens (including phenoxy) is 1. The maximum atomic E-state index is 10.5. The Hall–Kier alpha value is -1.09. The molecule has 0 saturated heterocycles. The second kappa shape index (κ2) is 8.51. The zero-order valence-electron chi connectivity index (χ0n) is 8.87. The molecular formula is C11H19NO2. The minimum Gasteiger partial charge on any atom is -0.466 e. The molecule has 0 atom stereocenters. The van der Waals surface area contributed by atoms with Gasteiger partial charge in [-0.15, -0.1) is 13.2 Å². The first-order valence-electron chi connectivity index (χ1n) is 4.78. The van der Waals surface area contributed by atoms with E-state index in [1.54, 1.807) is 0 Å². The van der Waals surface area contributed by atoms with E-state index in [9.17, 15) is 4.79 Å². The van der Waals surface area contributed by atoms with E-state index in [1.807, 2.05) is 12.2 Å². The predicted molar refractivity (Wildman–Crippen MR) is 58.1 cm³/mol. The van der Waals surface area contributed by atoms with Crippen molar-refractivity contribution in [2.45, 2.75) is 13.3 Å². The lowest BCUT2D eigenvalue weighted by Crippen LogP contribution is -2.26. The number of hydrogen-bond acceptors (Lipinski definition) is 3. The Labute approximate surface area is 86.0 Å². The van der Waals surface area contributed by atoms with Crippen LogP contribution in [-0.4, -0.2) is 37.1 Å². The lowest BCUT2D eigenvalue weighted by Gasteiger charge is -2.18. The Morgan fingerprint density at radius 3 is 2.36 bits per heavy atom. The molecule has 0 bridgehead atoms. The van der Waals surface area contributed by atoms with Crippen molar-refractivity contribution in [3.63, 3.8) is 0 Å². The summed E-state index contributed by atoms with van der Waals surface area (Å²) in [7, 11) is 0. The molecule has 0 spiro atoms. The van der Waals surface area contributed by atoms with E-state index in [0.29, 0.717) is 6.61 Å². The van der Waals surface area contributed by atoms with Crippen LogP contribution in [0.25, 0.3) is 0 Å². The Balaban J connectivity index is 3.53. The normalized spacial score (nSPS) is 9.86. The molecule has 80 valence electrons. The number of esters is 1. The number of hydrogen-bond donors (Lipinski definition) is 0. The van der Waals surface area contributed by atoms with Crippen molar-refractivity contribution in [2.24, 2.45) is 0 Å². The van der Waals surface area contributed by atoms with Gasteiger partial charge in [0.15, 0.2) is 0 Å². The highest BCUT2D eigenvalue weighted by molar-refractivity contribution is 5.65. The number of carbonyl (C=O) groups is 1. The molecule has 0 aromatic heterocycles. The summed E-state index contributed by atoms with van der Waals surface area (Å²) in [6.45, 7) is 11.8. The van der Waals surface area contributed by atoms with Crippen LogP contribution < -0.4 is 0 Å². The first-order valence-corrected chi connectivity index (χ1v) is 4.78. The fourth-order valence-corrected chi connectivity index (χ4v) is 1.13. The maximum absolute atomic E-state index is 10.5. The van der Waals surface area contributed by atoms with Crippen LogP contribution in [0.5, 0.6) is 0 Å². The molecule has 0 amide bonds. The van der Waals surface area contributed by atoms with Gasteiger partial charge in [-0.1, -0.05) is 12.2 Å². The number of nitrogens with zero attached hydrogens (tertiary/aromatic N) is 1. The molecule has 0 heterocycles. The van der Waals surface area contributed by atoms with Gasteiger partial charge in [0.2, 0.25) is 0 Å². The topological polar surface area (TPSA) is 29.5 Å². The van der Waals surface area contributed by atoms with Gasteiger partial charge in [0.25, 0.3) is 0 Å². The van der Waals surface area contributed by atoms with Crippen LogP contribution in [0.4, 0.5) is 0 Å². The Bertz CT molecular complexity index is 180. The summed E-state index contributed by atoms with van der Waals surface area (Å²) >= 11 is 0. The summed E-state index contributed by atoms with van der Waals surface area (Å²) < 4.78 is 4.83. The first-order chi connectivity index (χ1) is 6.70. The van der Waals surface area contributed by atoms with Crippen LogP contribution in [0, 0.1) is 0 Å². The van der Waals surface area contributed by atoms with Crippen molar-refractivity contribution < 1.29 is 9.53 Å². The van der Waals surface area contributed by atoms with Crippen LogP contribution in [0.1, 0.15) is 13.3 Å². The molecule has 3 nitrogen and oxygen atoms in total. The smallest absolute Gasteiger partial charge is 0.302 e. The van der Waals surface area contributed by atoms with Crippen molar-refractivity contribution in [1.82, 2.24) is 4.90 Å². The molecule has 0 aromatic rings. The summed E-state index contributed by atoms with van der Waals surface area (Å²) in [5, 5.41) is 0. The fraction of sp³-hybridized carbons (Fsp3) is 0.545. The van der Waals surface area contributed by atoms with E-state index in [0.717, 1.165) is 26.1 Å². The molecule has 0 saturated carbocycles. The monoisotopic (exact) mass is 197 g/mol. The van der Waals surface area contributed by atoms with E-state index in [4.69, 9.17) is 4.74 Å². The number of carbonyl (C=O) groups excluding carboxylic acids is 1. The van der Waals surface area contributed by atoms with Crippen LogP contribution in [0.2, 0.25) is 0 Å². The lowest BCUT2D eigenvalue weighted by atomic mass is 10.3. The van der Waals surface area contributed by atoms with Gasteiger partial charge >= 0.3 is 5.97 Å². The van der Waals surface area contributed by atoms with E-state index < -0.39 is 0 Å². The average molecular weight is 197 g/mol. The Morgan fingerprint density at radius 2 is 1.93 bits per heavy atom. The van der Waals surface area contributed by atoms with Gasteiger partial charge in [0.1, 0.15) is 0 Å². The summed E-state index contributed by atoms with van der Waals surface area (Å²) in [5.41, 5.74) is 0. The zero-order chi connectivity index (χ0) is 10.8. The minimum atomic E-state index is -0.219. The van der Waals surface area contributed by atoms with Crippen LogP contribution >= 0.6 is 0 Å². The summed E-state index contributed by atoms with van der Waals surface area (Å²) in [5.74, 6) is -0.219. The standard InChI is InChI=1S/C11H19NO2/c1-4-7-12(8-5-2)9-6-10-14-11(3)13/h4-5H,1-2,6-10H2,3H3. The largest absolute Gasteiger partial charge is 0.466 e. The lowest BCUT2D eigenvalue weighted by molar-refractivity contribution is -0.141. The van der Waals surface area contributed by atoms with E-state index in [2.05, 4.69) is 18.1 Å². The van der Waals surface area contributed by atoms with Gasteiger partial charge in [-0.05, 0) is 6.42 Å². The van der Waals surface area contributed by atoms with Crippen molar-refractivity contribution in [2.75, 3.05) is 26.2 Å². The third-order valence-electron chi connectivity index (χ3n) is 1.70. The van der Waals surface area contributed by atoms with Crippen molar-refractivity contribution in [3.8, 4) is 0 Å². The van der Waals surface area contributed by atoms with Crippen molar-refractivity contribution in [1.29, 1.82) is 0 Å². The highest BCUT2D eigenvalue weighted by Gasteiger charge is 2.00. The molecule has 0 unspecified atom stereocenters. The summed E-state index contributed by atoms with van der Waals surface area (Å²) in [4.78, 5) is 12.7. The van der Waals surface area contributed by atoms with Crippen LogP contribution in [0.3, 0.4) is 0 Å². The fourth-order valence-electron chi connectivity index (χ4n) is 1.13. The molecular weight excluding hydrogens is 178 g/mol. The summed E-state index contributed by atoms with van der Waals surface area (Å²) in [6, 6.07) is 0. The van der Waals surface area contributed by atoms with Crippen molar-refractivity contribution >= 4 is 5.97 Å². The third kappa shape index (κ3) is 7.55. The quantitative estimate of drug-likeness (QED) is 0.336. The highest BCUT2D eigenvalue weighted by atomic mass is 16.5. The second-order valence-electron chi connectivity index (χ2n) is 3.03. The van der Waals surface area contributed by atoms with E-state index in [-0.39, 0.29) is 5.97 Å². The van der Waals surface area contributed by atoms with E-state index in [1.165, 1.54) is 6.92 Å². The van der Waals surface area contributed by atoms with Crippen LogP contribution in [0.15, 0.2) is 25.3 Å². The average Bonchev–Trinajstić information content (AvgIpc) is 2.12. The molecule has 0 radical (unpaired) electrons. The molecule has 3 heteroatoms. The van der Waals surface area contributed by atoms with Gasteiger partial charge in [0.05, 0.1) is 6.61 Å². The first kappa shape index (κ1) is 12.9. The molecule has 0 rings (SSSR count). The molecule has 14 heavy (non-hydrogen) atoms. The Morgan fingerprint density at radius 1 is 1.36 bits per heavy atom. The SMILES string of the molecule is C=CCN(CC=C)CCCOC(C)=O. The number of rotatable bonds is 8. The van der Waals surface area contributed by atoms with Gasteiger partial charge < -0.3 is 4.74 Å². The summed E-state index contributed by atoms with van der Waals surface area (Å²) in [6.07, 6.45) is 4.56. The molecule has 0 aliphatic heterocycles. The van der Waals surface area contributed by atoms with Crippen LogP contribution in [-0.2, 0) is 9.53 Å². The second-order valence-corrected chi connectivity index (χ2v) is 3.03. The molecule has 0 aromatic carbocycles. The van der Waals surface area contributed by atoms with Crippen molar-refractivity contribution in [3.05, 3.63) is 25.3 Å². The van der Waals surface area contributed by atoms with E-state index >= 15 is 0 Å². The third-order valence-corrected chi connectivity index (χ3v) is 1.70. The molecule has 0 N–H and O–H groups in total. The predicted octanol–water partition coefficient (Wildman–Crippen LogP) is 1.61. The molecule has 0 fully saturated rings.